The number of halogens is 1. The first-order valence-electron chi connectivity index (χ1n) is 7.75. The average molecular weight is 388 g/mol. The van der Waals surface area contributed by atoms with E-state index in [2.05, 4.69) is 28.2 Å². The number of carbonyl (C=O) groups is 1. The summed E-state index contributed by atoms with van der Waals surface area (Å²) in [5, 5.41) is 3.01. The molecule has 1 rings (SSSR count). The highest BCUT2D eigenvalue weighted by atomic mass is 79.9. The van der Waals surface area contributed by atoms with E-state index in [1.165, 1.54) is 0 Å². The third kappa shape index (κ3) is 6.39. The Kier molecular flexibility index (Phi) is 7.35. The number of likely N-dealkylation sites (N-methyl/N-ethyl adjacent to an activating group) is 1. The van der Waals surface area contributed by atoms with Crippen LogP contribution in [-0.2, 0) is 11.3 Å². The summed E-state index contributed by atoms with van der Waals surface area (Å²) in [6, 6.07) is 3.86. The number of nitrogens with one attached hydrogen (secondary N) is 2. The zero-order valence-corrected chi connectivity index (χ0v) is 16.5. The minimum Gasteiger partial charge on any atom is -0.496 e. The molecule has 6 heteroatoms. The van der Waals surface area contributed by atoms with Crippen molar-refractivity contribution in [2.45, 2.75) is 39.8 Å². The third-order valence-corrected chi connectivity index (χ3v) is 4.04. The van der Waals surface area contributed by atoms with Gasteiger partial charge in [-0.2, -0.15) is 0 Å². The maximum absolute atomic E-state index is 12.2. The van der Waals surface area contributed by atoms with E-state index in [0.29, 0.717) is 13.1 Å². The van der Waals surface area contributed by atoms with Crippen LogP contribution >= 0.6 is 15.9 Å². The molecule has 1 atom stereocenters. The van der Waals surface area contributed by atoms with Gasteiger partial charge < -0.3 is 19.7 Å². The molecule has 2 N–H and O–H groups in total. The smallest absolute Gasteiger partial charge is 0.275 e. The fourth-order valence-electron chi connectivity index (χ4n) is 2.33. The monoisotopic (exact) mass is 387 g/mol. The second-order valence-electron chi connectivity index (χ2n) is 6.55. The van der Waals surface area contributed by atoms with E-state index < -0.39 is 0 Å². The fourth-order valence-corrected chi connectivity index (χ4v) is 2.82. The quantitative estimate of drug-likeness (QED) is 0.749. The molecule has 0 fully saturated rings. The minimum absolute atomic E-state index is 0.0531. The molecule has 0 bridgehead atoms. The van der Waals surface area contributed by atoms with Crippen LogP contribution in [-0.4, -0.2) is 38.8 Å². The Morgan fingerprint density at radius 3 is 2.30 bits per heavy atom. The molecule has 23 heavy (non-hydrogen) atoms. The molecule has 0 heterocycles. The lowest BCUT2D eigenvalue weighted by Crippen LogP contribution is -3.11. The summed E-state index contributed by atoms with van der Waals surface area (Å²) in [7, 11) is 3.28. The first kappa shape index (κ1) is 19.8. The second kappa shape index (κ2) is 8.55. The zero-order chi connectivity index (χ0) is 17.6. The molecule has 0 saturated heterocycles. The molecule has 0 aliphatic carbocycles. The normalized spacial score (nSPS) is 12.7. The minimum atomic E-state index is -0.214. The molecule has 0 saturated carbocycles. The standard InChI is InChI=1S/C17H27BrN2O3/c1-7-20(11-16(21)19-17(2,3)4)10-12-8-15(23-6)13(18)9-14(12)22-5/h8-9H,7,10-11H2,1-6H3,(H,19,21)/p+1. The number of rotatable bonds is 7. The Hall–Kier alpha value is -1.27. The van der Waals surface area contributed by atoms with Gasteiger partial charge >= 0.3 is 0 Å². The van der Waals surface area contributed by atoms with Crippen LogP contribution in [0.5, 0.6) is 11.5 Å². The Morgan fingerprint density at radius 1 is 1.22 bits per heavy atom. The third-order valence-electron chi connectivity index (χ3n) is 3.42. The molecular formula is C17H28BrN2O3+. The van der Waals surface area contributed by atoms with Crippen LogP contribution in [0, 0.1) is 0 Å². The number of hydrogen-bond donors (Lipinski definition) is 2. The summed E-state index contributed by atoms with van der Waals surface area (Å²) >= 11 is 3.46. The summed E-state index contributed by atoms with van der Waals surface area (Å²) < 4.78 is 11.7. The molecule has 1 amide bonds. The lowest BCUT2D eigenvalue weighted by molar-refractivity contribution is -0.904. The van der Waals surface area contributed by atoms with Crippen molar-refractivity contribution >= 4 is 21.8 Å². The number of benzene rings is 1. The van der Waals surface area contributed by atoms with Gasteiger partial charge in [0.1, 0.15) is 18.0 Å². The van der Waals surface area contributed by atoms with E-state index in [4.69, 9.17) is 9.47 Å². The van der Waals surface area contributed by atoms with Gasteiger partial charge in [0, 0.05) is 5.54 Å². The number of amides is 1. The van der Waals surface area contributed by atoms with E-state index in [9.17, 15) is 4.79 Å². The highest BCUT2D eigenvalue weighted by molar-refractivity contribution is 9.10. The van der Waals surface area contributed by atoms with Crippen LogP contribution < -0.4 is 19.7 Å². The first-order chi connectivity index (χ1) is 10.7. The van der Waals surface area contributed by atoms with Gasteiger partial charge in [-0.05, 0) is 55.8 Å². The highest BCUT2D eigenvalue weighted by Gasteiger charge is 2.20. The predicted molar refractivity (Wildman–Crippen MR) is 95.2 cm³/mol. The first-order valence-corrected chi connectivity index (χ1v) is 8.54. The Balaban J connectivity index is 2.88. The van der Waals surface area contributed by atoms with Crippen molar-refractivity contribution in [1.29, 1.82) is 0 Å². The van der Waals surface area contributed by atoms with Crippen LogP contribution in [0.15, 0.2) is 16.6 Å². The van der Waals surface area contributed by atoms with Gasteiger partial charge in [0.15, 0.2) is 6.54 Å². The van der Waals surface area contributed by atoms with E-state index in [1.54, 1.807) is 14.2 Å². The van der Waals surface area contributed by atoms with Crippen molar-refractivity contribution in [1.82, 2.24) is 5.32 Å². The maximum Gasteiger partial charge on any atom is 0.275 e. The number of carbonyl (C=O) groups excluding carboxylic acids is 1. The molecular weight excluding hydrogens is 360 g/mol. The van der Waals surface area contributed by atoms with Gasteiger partial charge in [0.05, 0.1) is 30.8 Å². The van der Waals surface area contributed by atoms with Gasteiger partial charge in [-0.3, -0.25) is 4.79 Å². The molecule has 1 unspecified atom stereocenters. The molecule has 1 aromatic rings. The topological polar surface area (TPSA) is 52.0 Å². The van der Waals surface area contributed by atoms with Crippen LogP contribution in [0.25, 0.3) is 0 Å². The van der Waals surface area contributed by atoms with Gasteiger partial charge in [0.2, 0.25) is 0 Å². The Labute approximate surface area is 147 Å². The summed E-state index contributed by atoms with van der Waals surface area (Å²) in [5.41, 5.74) is 0.807. The van der Waals surface area contributed by atoms with Crippen molar-refractivity contribution in [3.05, 3.63) is 22.2 Å². The van der Waals surface area contributed by atoms with Gasteiger partial charge in [-0.1, -0.05) is 0 Å². The molecule has 5 nitrogen and oxygen atoms in total. The van der Waals surface area contributed by atoms with Gasteiger partial charge in [-0.15, -0.1) is 0 Å². The molecule has 130 valence electrons. The van der Waals surface area contributed by atoms with Gasteiger partial charge in [0.25, 0.3) is 5.91 Å². The van der Waals surface area contributed by atoms with Crippen LogP contribution in [0.1, 0.15) is 33.3 Å². The number of hydrogen-bond acceptors (Lipinski definition) is 3. The molecule has 0 radical (unpaired) electrons. The summed E-state index contributed by atoms with van der Waals surface area (Å²) in [6.45, 7) is 9.99. The van der Waals surface area contributed by atoms with Crippen molar-refractivity contribution in [2.75, 3.05) is 27.3 Å². The van der Waals surface area contributed by atoms with Crippen molar-refractivity contribution in [3.8, 4) is 11.5 Å². The summed E-state index contributed by atoms with van der Waals surface area (Å²) in [6.07, 6.45) is 0. The summed E-state index contributed by atoms with van der Waals surface area (Å²) in [5.74, 6) is 1.60. The van der Waals surface area contributed by atoms with Crippen molar-refractivity contribution in [2.24, 2.45) is 0 Å². The van der Waals surface area contributed by atoms with Crippen LogP contribution in [0.2, 0.25) is 0 Å². The lowest BCUT2D eigenvalue weighted by atomic mass is 10.1. The number of quaternary nitrogens is 1. The number of methoxy groups -OCH3 is 2. The molecule has 0 aliphatic heterocycles. The van der Waals surface area contributed by atoms with Crippen molar-refractivity contribution in [3.63, 3.8) is 0 Å². The summed E-state index contributed by atoms with van der Waals surface area (Å²) in [4.78, 5) is 13.3. The van der Waals surface area contributed by atoms with E-state index in [-0.39, 0.29) is 11.4 Å². The molecule has 0 aliphatic rings. The average Bonchev–Trinajstić information content (AvgIpc) is 2.45. The SMILES string of the molecule is CC[NH+](CC(=O)NC(C)(C)C)Cc1cc(OC)c(Br)cc1OC. The maximum atomic E-state index is 12.2. The van der Waals surface area contributed by atoms with E-state index in [0.717, 1.165) is 33.0 Å². The van der Waals surface area contributed by atoms with E-state index in [1.807, 2.05) is 32.9 Å². The molecule has 0 spiro atoms. The Bertz CT molecular complexity index is 541. The van der Waals surface area contributed by atoms with E-state index >= 15 is 0 Å². The second-order valence-corrected chi connectivity index (χ2v) is 7.41. The van der Waals surface area contributed by atoms with Crippen molar-refractivity contribution < 1.29 is 19.2 Å². The predicted octanol–water partition coefficient (Wildman–Crippen LogP) is 1.79. The van der Waals surface area contributed by atoms with Crippen LogP contribution in [0.3, 0.4) is 0 Å². The largest absolute Gasteiger partial charge is 0.496 e. The fraction of sp³-hybridized carbons (Fsp3) is 0.588. The highest BCUT2D eigenvalue weighted by Crippen LogP contribution is 2.32. The lowest BCUT2D eigenvalue weighted by Gasteiger charge is -2.23. The molecule has 0 aromatic heterocycles. The number of ether oxygens (including phenoxy) is 2. The molecule has 1 aromatic carbocycles. The van der Waals surface area contributed by atoms with Crippen LogP contribution in [0.4, 0.5) is 0 Å². The Morgan fingerprint density at radius 2 is 1.83 bits per heavy atom. The zero-order valence-electron chi connectivity index (χ0n) is 14.9. The van der Waals surface area contributed by atoms with Gasteiger partial charge in [-0.25, -0.2) is 0 Å².